The van der Waals surface area contributed by atoms with Gasteiger partial charge in [0.15, 0.2) is 0 Å². The van der Waals surface area contributed by atoms with Gasteiger partial charge in [0.2, 0.25) is 0 Å². The molecule has 0 amide bonds. The summed E-state index contributed by atoms with van der Waals surface area (Å²) in [5, 5.41) is 25.1. The van der Waals surface area contributed by atoms with Gasteiger partial charge < -0.3 is 65.9 Å². The fraction of sp³-hybridized carbons (Fsp3) is 0. The average Bonchev–Trinajstić information content (AvgIpc) is 3.01. The van der Waals surface area contributed by atoms with E-state index in [1.807, 2.05) is 109 Å². The van der Waals surface area contributed by atoms with Crippen molar-refractivity contribution in [1.82, 2.24) is 0 Å². The number of rotatable bonds is 0. The zero-order valence-electron chi connectivity index (χ0n) is 20.6. The van der Waals surface area contributed by atoms with E-state index in [4.69, 9.17) is 0 Å². The van der Waals surface area contributed by atoms with Gasteiger partial charge in [-0.25, -0.2) is 0 Å². The second-order valence-corrected chi connectivity index (χ2v) is 7.29. The van der Waals surface area contributed by atoms with Crippen LogP contribution in [0.5, 0.6) is 0 Å². The first-order valence-corrected chi connectivity index (χ1v) is 11.4. The van der Waals surface area contributed by atoms with Crippen LogP contribution in [0.15, 0.2) is 181 Å². The summed E-state index contributed by atoms with van der Waals surface area (Å²) in [5.74, 6) is 0. The summed E-state index contributed by atoms with van der Waals surface area (Å²) in [7, 11) is 0. The maximum Gasteiger partial charge on any atom is 2.00 e. The number of hydrogen-bond acceptors (Lipinski definition) is 0. The predicted molar refractivity (Wildman–Crippen MR) is 151 cm³/mol. The van der Waals surface area contributed by atoms with Gasteiger partial charge >= 0.3 is 16.5 Å². The molecule has 0 saturated heterocycles. The van der Waals surface area contributed by atoms with Crippen molar-refractivity contribution in [3.05, 3.63) is 213 Å². The van der Waals surface area contributed by atoms with Gasteiger partial charge in [-0.3, -0.25) is 0 Å². The molecular formula is C30H24Br2N6Ni-6. The van der Waals surface area contributed by atoms with Gasteiger partial charge in [-0.15, -0.1) is 0 Å². The van der Waals surface area contributed by atoms with Crippen LogP contribution in [0.4, 0.5) is 0 Å². The third kappa shape index (κ3) is 11.3. The Hall–Kier alpha value is -3.65. The summed E-state index contributed by atoms with van der Waals surface area (Å²) in [4.78, 5) is 0. The van der Waals surface area contributed by atoms with E-state index >= 15 is 0 Å². The van der Waals surface area contributed by atoms with E-state index in [1.165, 1.54) is 0 Å². The molecule has 0 aromatic carbocycles. The van der Waals surface area contributed by atoms with E-state index in [0.717, 1.165) is 34.2 Å². The minimum atomic E-state index is 0. The predicted octanol–water partition coefficient (Wildman–Crippen LogP) is 3.34. The van der Waals surface area contributed by atoms with E-state index < -0.39 is 0 Å². The van der Waals surface area contributed by atoms with Gasteiger partial charge in [0.1, 0.15) is 0 Å². The fourth-order valence-corrected chi connectivity index (χ4v) is 3.09. The third-order valence-electron chi connectivity index (χ3n) is 4.78. The molecule has 0 fully saturated rings. The van der Waals surface area contributed by atoms with Crippen molar-refractivity contribution in [3.63, 3.8) is 0 Å². The Balaban J connectivity index is 0.000000282. The molecule has 0 aromatic heterocycles. The summed E-state index contributed by atoms with van der Waals surface area (Å²) in [6.07, 6.45) is 45.4. The van der Waals surface area contributed by atoms with Crippen molar-refractivity contribution < 1.29 is 50.5 Å². The fourth-order valence-electron chi connectivity index (χ4n) is 3.09. The molecule has 204 valence electrons. The Morgan fingerprint density at radius 1 is 0.256 bits per heavy atom. The normalized spacial score (nSPS) is 23.4. The number of hydrogen-bond donors (Lipinski definition) is 0. The summed E-state index contributed by atoms with van der Waals surface area (Å²) < 4.78 is 0. The van der Waals surface area contributed by atoms with Crippen molar-refractivity contribution in [2.24, 2.45) is 0 Å². The van der Waals surface area contributed by atoms with Gasteiger partial charge in [-0.1, -0.05) is 109 Å². The second-order valence-electron chi connectivity index (χ2n) is 7.29. The van der Waals surface area contributed by atoms with Crippen molar-refractivity contribution in [3.8, 4) is 0 Å². The molecule has 0 spiro atoms. The molecule has 0 saturated carbocycles. The first-order valence-electron chi connectivity index (χ1n) is 11.4. The average molecular weight is 687 g/mol. The quantitative estimate of drug-likeness (QED) is 0.351. The molecule has 0 unspecified atom stereocenters. The molecule has 6 heterocycles. The van der Waals surface area contributed by atoms with Gasteiger partial charge in [0.25, 0.3) is 0 Å². The second kappa shape index (κ2) is 19.4. The van der Waals surface area contributed by atoms with Crippen LogP contribution in [0, 0.1) is 0 Å². The molecule has 0 aromatic rings. The topological polar surface area (TPSA) is 84.6 Å². The number of nitrogens with zero attached hydrogens (tertiary/aromatic N) is 6. The Morgan fingerprint density at radius 3 is 0.513 bits per heavy atom. The Kier molecular flexibility index (Phi) is 16.6. The first kappa shape index (κ1) is 33.4. The summed E-state index contributed by atoms with van der Waals surface area (Å²) in [6, 6.07) is 0. The molecule has 6 aliphatic heterocycles. The van der Waals surface area contributed by atoms with Crippen LogP contribution in [0.1, 0.15) is 0 Å². The van der Waals surface area contributed by atoms with Crippen LogP contribution in [-0.2, 0) is 16.5 Å². The Labute approximate surface area is 261 Å². The maximum atomic E-state index is 4.19. The smallest absolute Gasteiger partial charge is 1.00 e. The zero-order valence-corrected chi connectivity index (χ0v) is 24.8. The molecular weight excluding hydrogens is 663 g/mol. The number of allylic oxidation sites excluding steroid dienone is 18. The van der Waals surface area contributed by atoms with E-state index in [1.54, 1.807) is 37.2 Å². The largest absolute Gasteiger partial charge is 2.00 e. The number of halogens is 2. The summed E-state index contributed by atoms with van der Waals surface area (Å²) >= 11 is 0. The molecule has 6 nitrogen and oxygen atoms in total. The molecule has 6 rings (SSSR count). The van der Waals surface area contributed by atoms with Crippen LogP contribution >= 0.6 is 0 Å². The molecule has 6 aliphatic rings. The van der Waals surface area contributed by atoms with Crippen LogP contribution in [-0.4, -0.2) is 0 Å². The van der Waals surface area contributed by atoms with Gasteiger partial charge in [-0.2, -0.15) is 71.4 Å². The molecule has 0 aliphatic carbocycles. The Bertz CT molecular complexity index is 1030. The van der Waals surface area contributed by atoms with Gasteiger partial charge in [0, 0.05) is 0 Å². The van der Waals surface area contributed by atoms with E-state index in [2.05, 4.69) is 31.9 Å². The molecule has 0 N–H and O–H groups in total. The van der Waals surface area contributed by atoms with Crippen LogP contribution in [0.25, 0.3) is 31.9 Å². The van der Waals surface area contributed by atoms with Crippen LogP contribution in [0.2, 0.25) is 0 Å². The minimum absolute atomic E-state index is 0. The molecule has 9 heteroatoms. The SMILES string of the molecule is C1=C[N-]/C(=C2/C=CC=C[N-]2)C=C1.C1=C[N-]/C(=C2/C=CC=C[N-]2)C=C1.C1=C[N-]/C(=C2/C=CC=C[N-]2)C=C1.[Br-].[Br-].[Ni+2]. The summed E-state index contributed by atoms with van der Waals surface area (Å²) in [6.45, 7) is 0. The molecule has 0 radical (unpaired) electrons. The van der Waals surface area contributed by atoms with E-state index in [9.17, 15) is 0 Å². The van der Waals surface area contributed by atoms with Gasteiger partial charge in [-0.05, 0) is 0 Å². The van der Waals surface area contributed by atoms with Crippen molar-refractivity contribution in [2.75, 3.05) is 0 Å². The maximum absolute atomic E-state index is 4.19. The molecule has 0 bridgehead atoms. The van der Waals surface area contributed by atoms with Crippen LogP contribution < -0.4 is 34.0 Å². The van der Waals surface area contributed by atoms with E-state index in [0.29, 0.717) is 0 Å². The van der Waals surface area contributed by atoms with Crippen molar-refractivity contribution in [2.45, 2.75) is 0 Å². The third-order valence-corrected chi connectivity index (χ3v) is 4.78. The first-order chi connectivity index (χ1) is 17.9. The standard InChI is InChI=1S/3C10H8N2.2BrH.Ni/c3*1-3-7-11-9(5-1)10-6-2-4-8-12-10;;;/h3*1-8H;2*1H;/q3*-2;;;+2/p-2/b3*10-9-;;;. The summed E-state index contributed by atoms with van der Waals surface area (Å²) in [5.41, 5.74) is 5.49. The minimum Gasteiger partial charge on any atom is -1.00 e. The molecule has 0 atom stereocenters. The van der Waals surface area contributed by atoms with Gasteiger partial charge in [0.05, 0.1) is 0 Å². The van der Waals surface area contributed by atoms with E-state index in [-0.39, 0.29) is 50.5 Å². The molecule has 39 heavy (non-hydrogen) atoms. The van der Waals surface area contributed by atoms with Crippen molar-refractivity contribution >= 4 is 0 Å². The zero-order chi connectivity index (χ0) is 24.7. The van der Waals surface area contributed by atoms with Crippen LogP contribution in [0.3, 0.4) is 0 Å². The monoisotopic (exact) mass is 684 g/mol. The van der Waals surface area contributed by atoms with Crippen molar-refractivity contribution in [1.29, 1.82) is 0 Å². The Morgan fingerprint density at radius 2 is 0.410 bits per heavy atom.